The summed E-state index contributed by atoms with van der Waals surface area (Å²) < 4.78 is 0. The van der Waals surface area contributed by atoms with E-state index in [4.69, 9.17) is 11.6 Å². The summed E-state index contributed by atoms with van der Waals surface area (Å²) in [5.41, 5.74) is 1.54. The minimum absolute atomic E-state index is 0.0797. The Morgan fingerprint density at radius 3 is 2.46 bits per heavy atom. The highest BCUT2D eigenvalue weighted by Crippen LogP contribution is 2.35. The number of carbonyl (C=O) groups is 3. The highest BCUT2D eigenvalue weighted by atomic mass is 35.5. The molecule has 1 saturated heterocycles. The molecule has 1 fully saturated rings. The summed E-state index contributed by atoms with van der Waals surface area (Å²) in [6.45, 7) is 1.99. The quantitative estimate of drug-likeness (QED) is 0.673. The zero-order chi connectivity index (χ0) is 17.3. The second-order valence-electron chi connectivity index (χ2n) is 6.24. The van der Waals surface area contributed by atoms with Crippen LogP contribution in [0.25, 0.3) is 0 Å². The van der Waals surface area contributed by atoms with Gasteiger partial charge in [0.1, 0.15) is 0 Å². The van der Waals surface area contributed by atoms with Gasteiger partial charge in [-0.2, -0.15) is 0 Å². The number of nitrogens with zero attached hydrogens (tertiary/aromatic N) is 1. The lowest BCUT2D eigenvalue weighted by Crippen LogP contribution is -2.34. The Morgan fingerprint density at radius 2 is 1.83 bits per heavy atom. The summed E-state index contributed by atoms with van der Waals surface area (Å²) in [5, 5.41) is 3.32. The van der Waals surface area contributed by atoms with Crippen LogP contribution in [0.5, 0.6) is 0 Å². The number of nitrogens with one attached hydrogen (secondary N) is 1. The molecule has 3 rings (SSSR count). The molecular formula is C18H19ClN2O3. The zero-order valence-electron chi connectivity index (χ0n) is 13.4. The van der Waals surface area contributed by atoms with Crippen LogP contribution < -0.4 is 5.32 Å². The number of amides is 3. The van der Waals surface area contributed by atoms with Gasteiger partial charge in [-0.3, -0.25) is 19.3 Å². The molecule has 6 heteroatoms. The first-order chi connectivity index (χ1) is 11.5. The van der Waals surface area contributed by atoms with Crippen molar-refractivity contribution in [2.75, 3.05) is 11.9 Å². The SMILES string of the molecule is Cc1ccc(Cl)cc1NC(=O)CCN1C(=O)C2CC=CCC2C1=O. The Labute approximate surface area is 145 Å². The summed E-state index contributed by atoms with van der Waals surface area (Å²) in [4.78, 5) is 38.1. The maximum atomic E-state index is 12.3. The monoisotopic (exact) mass is 346 g/mol. The molecule has 1 aromatic rings. The average molecular weight is 347 g/mol. The maximum absolute atomic E-state index is 12.3. The second-order valence-corrected chi connectivity index (χ2v) is 6.68. The molecular weight excluding hydrogens is 328 g/mol. The van der Waals surface area contributed by atoms with Gasteiger partial charge in [0, 0.05) is 23.7 Å². The maximum Gasteiger partial charge on any atom is 0.233 e. The Balaban J connectivity index is 1.59. The largest absolute Gasteiger partial charge is 0.326 e. The van der Waals surface area contributed by atoms with E-state index in [-0.39, 0.29) is 42.5 Å². The lowest BCUT2D eigenvalue weighted by molar-refractivity contribution is -0.140. The van der Waals surface area contributed by atoms with Gasteiger partial charge >= 0.3 is 0 Å². The van der Waals surface area contributed by atoms with Gasteiger partial charge in [0.2, 0.25) is 17.7 Å². The van der Waals surface area contributed by atoms with Crippen LogP contribution in [0, 0.1) is 18.8 Å². The zero-order valence-corrected chi connectivity index (χ0v) is 14.2. The third-order valence-electron chi connectivity index (χ3n) is 4.64. The molecule has 0 aromatic heterocycles. The topological polar surface area (TPSA) is 66.5 Å². The van der Waals surface area contributed by atoms with Gasteiger partial charge < -0.3 is 5.32 Å². The van der Waals surface area contributed by atoms with Crippen LogP contribution in [0.15, 0.2) is 30.4 Å². The number of imide groups is 1. The van der Waals surface area contributed by atoms with E-state index in [1.807, 2.05) is 25.1 Å². The highest BCUT2D eigenvalue weighted by molar-refractivity contribution is 6.31. The number of halogens is 1. The predicted octanol–water partition coefficient (Wildman–Crippen LogP) is 2.93. The van der Waals surface area contributed by atoms with Crippen molar-refractivity contribution in [3.8, 4) is 0 Å². The van der Waals surface area contributed by atoms with Crippen LogP contribution in [0.2, 0.25) is 5.02 Å². The molecule has 3 amide bonds. The fourth-order valence-electron chi connectivity index (χ4n) is 3.24. The summed E-state index contributed by atoms with van der Waals surface area (Å²) >= 11 is 5.93. The smallest absolute Gasteiger partial charge is 0.233 e. The molecule has 2 unspecified atom stereocenters. The number of carbonyl (C=O) groups excluding carboxylic acids is 3. The van der Waals surface area contributed by atoms with E-state index in [0.29, 0.717) is 23.6 Å². The summed E-state index contributed by atoms with van der Waals surface area (Å²) in [6.07, 6.45) is 5.20. The number of hydrogen-bond donors (Lipinski definition) is 1. The van der Waals surface area contributed by atoms with Crippen molar-refractivity contribution < 1.29 is 14.4 Å². The van der Waals surface area contributed by atoms with Gasteiger partial charge in [-0.15, -0.1) is 0 Å². The second kappa shape index (κ2) is 6.77. The van der Waals surface area contributed by atoms with Crippen molar-refractivity contribution in [3.63, 3.8) is 0 Å². The number of aryl methyl sites for hydroxylation is 1. The first kappa shape index (κ1) is 16.7. The molecule has 2 aliphatic rings. The lowest BCUT2D eigenvalue weighted by atomic mass is 9.85. The number of benzene rings is 1. The molecule has 126 valence electrons. The van der Waals surface area contributed by atoms with Crippen molar-refractivity contribution in [2.24, 2.45) is 11.8 Å². The summed E-state index contributed by atoms with van der Waals surface area (Å²) in [5.74, 6) is -1.04. The minimum Gasteiger partial charge on any atom is -0.326 e. The van der Waals surface area contributed by atoms with Crippen molar-refractivity contribution >= 4 is 35.0 Å². The van der Waals surface area contributed by atoms with Gasteiger partial charge in [-0.05, 0) is 37.5 Å². The van der Waals surface area contributed by atoms with Gasteiger partial charge in [0.25, 0.3) is 0 Å². The number of hydrogen-bond acceptors (Lipinski definition) is 3. The molecule has 0 saturated carbocycles. The summed E-state index contributed by atoms with van der Waals surface area (Å²) in [6, 6.07) is 5.26. The molecule has 0 spiro atoms. The van der Waals surface area contributed by atoms with E-state index in [1.54, 1.807) is 12.1 Å². The Morgan fingerprint density at radius 1 is 1.21 bits per heavy atom. The molecule has 0 radical (unpaired) electrons. The molecule has 1 heterocycles. The standard InChI is InChI=1S/C18H19ClN2O3/c1-11-6-7-12(19)10-15(11)20-16(22)8-9-21-17(23)13-4-2-3-5-14(13)18(21)24/h2-3,6-7,10,13-14H,4-5,8-9H2,1H3,(H,20,22). The highest BCUT2D eigenvalue weighted by Gasteiger charge is 2.46. The average Bonchev–Trinajstić information content (AvgIpc) is 2.81. The molecule has 5 nitrogen and oxygen atoms in total. The van der Waals surface area contributed by atoms with Crippen molar-refractivity contribution in [2.45, 2.75) is 26.2 Å². The number of fused-ring (bicyclic) bond motifs is 1. The van der Waals surface area contributed by atoms with Crippen LogP contribution in [0.4, 0.5) is 5.69 Å². The lowest BCUT2D eigenvalue weighted by Gasteiger charge is -2.15. The number of rotatable bonds is 4. The van der Waals surface area contributed by atoms with Gasteiger partial charge in [0.15, 0.2) is 0 Å². The van der Waals surface area contributed by atoms with E-state index in [1.165, 1.54) is 4.90 Å². The Hall–Kier alpha value is -2.14. The minimum atomic E-state index is -0.249. The van der Waals surface area contributed by atoms with Crippen LogP contribution in [-0.2, 0) is 14.4 Å². The number of likely N-dealkylation sites (tertiary alicyclic amines) is 1. The molecule has 1 N–H and O–H groups in total. The van der Waals surface area contributed by atoms with E-state index < -0.39 is 0 Å². The van der Waals surface area contributed by atoms with Crippen LogP contribution >= 0.6 is 11.6 Å². The normalized spacial score (nSPS) is 22.7. The molecule has 2 atom stereocenters. The fraction of sp³-hybridized carbons (Fsp3) is 0.389. The Kier molecular flexibility index (Phi) is 4.71. The predicted molar refractivity (Wildman–Crippen MR) is 91.5 cm³/mol. The molecule has 24 heavy (non-hydrogen) atoms. The first-order valence-electron chi connectivity index (χ1n) is 8.03. The van der Waals surface area contributed by atoms with Gasteiger partial charge in [-0.25, -0.2) is 0 Å². The van der Waals surface area contributed by atoms with E-state index in [9.17, 15) is 14.4 Å². The van der Waals surface area contributed by atoms with Crippen molar-refractivity contribution in [1.82, 2.24) is 4.90 Å². The van der Waals surface area contributed by atoms with Crippen LogP contribution in [-0.4, -0.2) is 29.2 Å². The Bertz CT molecular complexity index is 703. The van der Waals surface area contributed by atoms with Gasteiger partial charge in [-0.1, -0.05) is 29.8 Å². The molecule has 1 aliphatic carbocycles. The molecule has 1 aromatic carbocycles. The first-order valence-corrected chi connectivity index (χ1v) is 8.41. The fourth-order valence-corrected chi connectivity index (χ4v) is 3.42. The molecule has 0 bridgehead atoms. The third-order valence-corrected chi connectivity index (χ3v) is 4.87. The van der Waals surface area contributed by atoms with Gasteiger partial charge in [0.05, 0.1) is 11.8 Å². The van der Waals surface area contributed by atoms with Crippen molar-refractivity contribution in [3.05, 3.63) is 40.9 Å². The van der Waals surface area contributed by atoms with E-state index in [0.717, 1.165) is 5.56 Å². The van der Waals surface area contributed by atoms with Crippen LogP contribution in [0.3, 0.4) is 0 Å². The number of allylic oxidation sites excluding steroid dienone is 2. The van der Waals surface area contributed by atoms with Crippen molar-refractivity contribution in [1.29, 1.82) is 0 Å². The van der Waals surface area contributed by atoms with E-state index >= 15 is 0 Å². The number of anilines is 1. The molecule has 1 aliphatic heterocycles. The van der Waals surface area contributed by atoms with Crippen LogP contribution in [0.1, 0.15) is 24.8 Å². The van der Waals surface area contributed by atoms with E-state index in [2.05, 4.69) is 5.32 Å². The summed E-state index contributed by atoms with van der Waals surface area (Å²) in [7, 11) is 0. The third kappa shape index (κ3) is 3.22.